The molecule has 1 aromatic heterocycles. The van der Waals surface area contributed by atoms with Crippen LogP contribution in [0.5, 0.6) is 0 Å². The van der Waals surface area contributed by atoms with Gasteiger partial charge in [-0.25, -0.2) is 4.98 Å². The molecule has 0 bridgehead atoms. The first-order valence-corrected chi connectivity index (χ1v) is 8.43. The summed E-state index contributed by atoms with van der Waals surface area (Å²) < 4.78 is 2.23. The molecule has 0 unspecified atom stereocenters. The Labute approximate surface area is 128 Å². The van der Waals surface area contributed by atoms with Gasteiger partial charge in [0.05, 0.1) is 16.8 Å². The number of rotatable bonds is 5. The van der Waals surface area contributed by atoms with E-state index in [1.165, 1.54) is 43.0 Å². The molecule has 1 heterocycles. The highest BCUT2D eigenvalue weighted by Gasteiger charge is 2.20. The van der Waals surface area contributed by atoms with E-state index in [-0.39, 0.29) is 5.75 Å². The van der Waals surface area contributed by atoms with Gasteiger partial charge in [0.25, 0.3) is 0 Å². The quantitative estimate of drug-likeness (QED) is 0.856. The molecule has 1 fully saturated rings. The summed E-state index contributed by atoms with van der Waals surface area (Å²) in [7, 11) is 0. The van der Waals surface area contributed by atoms with Crippen molar-refractivity contribution in [3.05, 3.63) is 23.8 Å². The number of hydrogen-bond acceptors (Lipinski definition) is 3. The topological polar surface area (TPSA) is 55.1 Å². The Morgan fingerprint density at radius 3 is 2.90 bits per heavy atom. The summed E-state index contributed by atoms with van der Waals surface area (Å²) in [6, 6.07) is 6.24. The van der Waals surface area contributed by atoms with Gasteiger partial charge in [-0.1, -0.05) is 30.7 Å². The van der Waals surface area contributed by atoms with Crippen molar-refractivity contribution in [2.45, 2.75) is 44.3 Å². The number of carboxylic acids is 1. The number of aromatic nitrogens is 2. The van der Waals surface area contributed by atoms with E-state index < -0.39 is 5.97 Å². The smallest absolute Gasteiger partial charge is 0.313 e. The second-order valence-corrected chi connectivity index (χ2v) is 6.77. The van der Waals surface area contributed by atoms with E-state index in [1.807, 2.05) is 6.07 Å². The summed E-state index contributed by atoms with van der Waals surface area (Å²) in [5.74, 6) is -0.0322. The molecule has 1 saturated carbocycles. The van der Waals surface area contributed by atoms with E-state index >= 15 is 0 Å². The zero-order chi connectivity index (χ0) is 14.8. The molecule has 112 valence electrons. The number of fused-ring (bicyclic) bond motifs is 1. The highest BCUT2D eigenvalue weighted by Crippen LogP contribution is 2.31. The molecule has 1 aliphatic rings. The van der Waals surface area contributed by atoms with Crippen molar-refractivity contribution >= 4 is 28.8 Å². The lowest BCUT2D eigenvalue weighted by Gasteiger charge is -2.13. The van der Waals surface area contributed by atoms with Crippen molar-refractivity contribution in [1.29, 1.82) is 0 Å². The third-order valence-corrected chi connectivity index (χ3v) is 5.07. The maximum absolute atomic E-state index is 10.8. The van der Waals surface area contributed by atoms with Gasteiger partial charge in [0.1, 0.15) is 0 Å². The minimum absolute atomic E-state index is 0.0625. The minimum Gasteiger partial charge on any atom is -0.481 e. The molecule has 0 spiro atoms. The van der Waals surface area contributed by atoms with Crippen molar-refractivity contribution in [2.75, 3.05) is 5.75 Å². The van der Waals surface area contributed by atoms with Crippen LogP contribution >= 0.6 is 11.8 Å². The fraction of sp³-hybridized carbons (Fsp3) is 0.500. The van der Waals surface area contributed by atoms with Crippen LogP contribution in [0.4, 0.5) is 0 Å². The molecule has 0 aliphatic heterocycles. The predicted molar refractivity (Wildman–Crippen MR) is 84.8 cm³/mol. The van der Waals surface area contributed by atoms with E-state index in [1.54, 1.807) is 0 Å². The van der Waals surface area contributed by atoms with Crippen molar-refractivity contribution < 1.29 is 9.90 Å². The third-order valence-electron chi connectivity index (χ3n) is 4.11. The Balaban J connectivity index is 1.96. The number of nitrogens with zero attached hydrogens (tertiary/aromatic N) is 2. The van der Waals surface area contributed by atoms with E-state index in [0.29, 0.717) is 5.92 Å². The van der Waals surface area contributed by atoms with Crippen LogP contribution in [0.15, 0.2) is 23.4 Å². The SMILES string of the molecule is Cc1ccc2nc(SCC(=O)O)n(CC3CCCC3)c2c1. The van der Waals surface area contributed by atoms with Gasteiger partial charge in [0.15, 0.2) is 5.16 Å². The van der Waals surface area contributed by atoms with Crippen LogP contribution in [0.25, 0.3) is 11.0 Å². The first-order chi connectivity index (χ1) is 10.1. The summed E-state index contributed by atoms with van der Waals surface area (Å²) in [5, 5.41) is 9.75. The normalized spacial score (nSPS) is 15.9. The number of aliphatic carboxylic acids is 1. The van der Waals surface area contributed by atoms with Crippen LogP contribution in [0.2, 0.25) is 0 Å². The molecule has 4 nitrogen and oxygen atoms in total. The van der Waals surface area contributed by atoms with Crippen LogP contribution in [-0.2, 0) is 11.3 Å². The monoisotopic (exact) mass is 304 g/mol. The lowest BCUT2D eigenvalue weighted by molar-refractivity contribution is -0.133. The number of benzene rings is 1. The number of thioether (sulfide) groups is 1. The van der Waals surface area contributed by atoms with Gasteiger partial charge in [0.2, 0.25) is 0 Å². The van der Waals surface area contributed by atoms with Gasteiger partial charge in [-0.15, -0.1) is 0 Å². The molecular weight excluding hydrogens is 284 g/mol. The molecule has 1 N–H and O–H groups in total. The summed E-state index contributed by atoms with van der Waals surface area (Å²) in [6.45, 7) is 3.04. The van der Waals surface area contributed by atoms with Crippen molar-refractivity contribution in [3.8, 4) is 0 Å². The van der Waals surface area contributed by atoms with E-state index in [0.717, 1.165) is 22.7 Å². The number of carboxylic acid groups (broad SMARTS) is 1. The van der Waals surface area contributed by atoms with Crippen LogP contribution in [0.1, 0.15) is 31.2 Å². The van der Waals surface area contributed by atoms with E-state index in [4.69, 9.17) is 5.11 Å². The fourth-order valence-corrected chi connectivity index (χ4v) is 3.82. The molecule has 5 heteroatoms. The number of hydrogen-bond donors (Lipinski definition) is 1. The van der Waals surface area contributed by atoms with Gasteiger partial charge < -0.3 is 9.67 Å². The highest BCUT2D eigenvalue weighted by atomic mass is 32.2. The van der Waals surface area contributed by atoms with Crippen LogP contribution in [-0.4, -0.2) is 26.4 Å². The molecule has 0 amide bonds. The Morgan fingerprint density at radius 2 is 2.19 bits per heavy atom. The maximum atomic E-state index is 10.8. The average Bonchev–Trinajstić information content (AvgIpc) is 3.06. The summed E-state index contributed by atoms with van der Waals surface area (Å²) in [4.78, 5) is 15.5. The number of imidazole rings is 1. The molecule has 1 aromatic carbocycles. The standard InChI is InChI=1S/C16H20N2O2S/c1-11-6-7-13-14(8-11)18(9-12-4-2-3-5-12)16(17-13)21-10-15(19)20/h6-8,12H,2-5,9-10H2,1H3,(H,19,20). The van der Waals surface area contributed by atoms with Gasteiger partial charge in [0, 0.05) is 6.54 Å². The molecule has 0 atom stereocenters. The number of aryl methyl sites for hydroxylation is 1. The molecule has 1 aliphatic carbocycles. The lowest BCUT2D eigenvalue weighted by atomic mass is 10.1. The molecule has 21 heavy (non-hydrogen) atoms. The first-order valence-electron chi connectivity index (χ1n) is 7.45. The van der Waals surface area contributed by atoms with Crippen molar-refractivity contribution in [2.24, 2.45) is 5.92 Å². The highest BCUT2D eigenvalue weighted by molar-refractivity contribution is 7.99. The van der Waals surface area contributed by atoms with Crippen LogP contribution < -0.4 is 0 Å². The Bertz CT molecular complexity index is 660. The molecule has 0 saturated heterocycles. The second-order valence-electron chi connectivity index (χ2n) is 5.83. The molecular formula is C16H20N2O2S. The Morgan fingerprint density at radius 1 is 1.43 bits per heavy atom. The Hall–Kier alpha value is -1.49. The minimum atomic E-state index is -0.796. The van der Waals surface area contributed by atoms with Gasteiger partial charge >= 0.3 is 5.97 Å². The molecule has 3 rings (SSSR count). The third kappa shape index (κ3) is 3.23. The fourth-order valence-electron chi connectivity index (χ4n) is 3.07. The second kappa shape index (κ2) is 6.10. The van der Waals surface area contributed by atoms with E-state index in [2.05, 4.69) is 28.6 Å². The first kappa shape index (κ1) is 14.4. The zero-order valence-corrected chi connectivity index (χ0v) is 13.0. The molecule has 0 radical (unpaired) electrons. The molecule has 2 aromatic rings. The maximum Gasteiger partial charge on any atom is 0.313 e. The van der Waals surface area contributed by atoms with Crippen LogP contribution in [0, 0.1) is 12.8 Å². The summed E-state index contributed by atoms with van der Waals surface area (Å²) in [5.41, 5.74) is 3.31. The average molecular weight is 304 g/mol. The van der Waals surface area contributed by atoms with Gasteiger partial charge in [-0.3, -0.25) is 4.79 Å². The number of carbonyl (C=O) groups is 1. The largest absolute Gasteiger partial charge is 0.481 e. The summed E-state index contributed by atoms with van der Waals surface area (Å²) in [6.07, 6.45) is 5.17. The van der Waals surface area contributed by atoms with Crippen molar-refractivity contribution in [1.82, 2.24) is 9.55 Å². The zero-order valence-electron chi connectivity index (χ0n) is 12.2. The van der Waals surface area contributed by atoms with Crippen molar-refractivity contribution in [3.63, 3.8) is 0 Å². The van der Waals surface area contributed by atoms with Crippen LogP contribution in [0.3, 0.4) is 0 Å². The van der Waals surface area contributed by atoms with Gasteiger partial charge in [-0.05, 0) is 43.4 Å². The van der Waals surface area contributed by atoms with Gasteiger partial charge in [-0.2, -0.15) is 0 Å². The summed E-state index contributed by atoms with van der Waals surface area (Å²) >= 11 is 1.32. The lowest BCUT2D eigenvalue weighted by Crippen LogP contribution is -2.09. The van der Waals surface area contributed by atoms with E-state index in [9.17, 15) is 4.79 Å². The Kier molecular flexibility index (Phi) is 4.19. The predicted octanol–water partition coefficient (Wildman–Crippen LogP) is 3.71.